The topological polar surface area (TPSA) is 104 Å². The van der Waals surface area contributed by atoms with E-state index >= 15 is 0 Å². The molecule has 0 aromatic heterocycles. The second-order valence-corrected chi connectivity index (χ2v) is 3.04. The van der Waals surface area contributed by atoms with Crippen molar-refractivity contribution in [2.24, 2.45) is 5.73 Å². The first kappa shape index (κ1) is 14.6. The first-order valence-corrected chi connectivity index (χ1v) is 4.23. The van der Waals surface area contributed by atoms with Gasteiger partial charge in [-0.25, -0.2) is 4.79 Å². The predicted octanol–water partition coefficient (Wildman–Crippen LogP) is -0.917. The zero-order chi connectivity index (χ0) is 12.9. The van der Waals surface area contributed by atoms with Crippen LogP contribution in [0.25, 0.3) is 0 Å². The molecule has 0 saturated heterocycles. The van der Waals surface area contributed by atoms with Gasteiger partial charge in [-0.05, 0) is 6.92 Å². The van der Waals surface area contributed by atoms with Crippen molar-refractivity contribution in [1.82, 2.24) is 10.6 Å². The maximum absolute atomic E-state index is 11.8. The number of nitrogens with one attached hydrogen (secondary N) is 2. The van der Waals surface area contributed by atoms with Crippen LogP contribution in [0.4, 0.5) is 18.0 Å². The van der Waals surface area contributed by atoms with E-state index in [0.29, 0.717) is 0 Å². The molecule has 0 aliphatic carbocycles. The van der Waals surface area contributed by atoms with Crippen LogP contribution < -0.4 is 16.4 Å². The summed E-state index contributed by atoms with van der Waals surface area (Å²) in [7, 11) is 0. The SMILES string of the molecule is CC(NCC(O)C(F)(F)F)C(=O)NC(N)=O. The van der Waals surface area contributed by atoms with Gasteiger partial charge in [0.2, 0.25) is 5.91 Å². The van der Waals surface area contributed by atoms with Crippen molar-refractivity contribution in [3.63, 3.8) is 0 Å². The quantitative estimate of drug-likeness (QED) is 0.512. The Labute approximate surface area is 89.0 Å². The molecule has 0 rings (SSSR count). The van der Waals surface area contributed by atoms with Gasteiger partial charge in [-0.3, -0.25) is 10.1 Å². The molecule has 5 N–H and O–H groups in total. The fourth-order valence-electron chi connectivity index (χ4n) is 0.727. The summed E-state index contributed by atoms with van der Waals surface area (Å²) in [6, 6.07) is -2.18. The number of hydrogen-bond acceptors (Lipinski definition) is 4. The van der Waals surface area contributed by atoms with Crippen molar-refractivity contribution in [2.75, 3.05) is 6.54 Å². The number of alkyl halides is 3. The van der Waals surface area contributed by atoms with Gasteiger partial charge in [0, 0.05) is 6.54 Å². The Morgan fingerprint density at radius 2 is 1.94 bits per heavy atom. The number of rotatable bonds is 4. The lowest BCUT2D eigenvalue weighted by molar-refractivity contribution is -0.202. The van der Waals surface area contributed by atoms with Crippen LogP contribution in [0.3, 0.4) is 0 Å². The standard InChI is InChI=1S/C7H12F3N3O3/c1-3(5(15)13-6(11)16)12-2-4(14)7(8,9)10/h3-4,12,14H,2H2,1H3,(H3,11,13,15,16). The van der Waals surface area contributed by atoms with E-state index in [2.05, 4.69) is 11.1 Å². The van der Waals surface area contributed by atoms with Crippen molar-refractivity contribution in [1.29, 1.82) is 0 Å². The summed E-state index contributed by atoms with van der Waals surface area (Å²) in [6.45, 7) is 0.373. The molecule has 16 heavy (non-hydrogen) atoms. The summed E-state index contributed by atoms with van der Waals surface area (Å²) in [5, 5.41) is 12.4. The minimum atomic E-state index is -4.76. The molecule has 94 valence electrons. The Hall–Kier alpha value is -1.35. The molecule has 2 unspecified atom stereocenters. The van der Waals surface area contributed by atoms with Gasteiger partial charge in [0.15, 0.2) is 6.10 Å². The van der Waals surface area contributed by atoms with Crippen molar-refractivity contribution in [3.8, 4) is 0 Å². The van der Waals surface area contributed by atoms with Gasteiger partial charge in [-0.2, -0.15) is 13.2 Å². The number of nitrogens with two attached hydrogens (primary N) is 1. The third kappa shape index (κ3) is 5.51. The third-order valence-corrected chi connectivity index (χ3v) is 1.63. The van der Waals surface area contributed by atoms with Crippen LogP contribution in [0, 0.1) is 0 Å². The number of aliphatic hydroxyl groups is 1. The Morgan fingerprint density at radius 1 is 1.44 bits per heavy atom. The molecule has 2 atom stereocenters. The van der Waals surface area contributed by atoms with Crippen molar-refractivity contribution >= 4 is 11.9 Å². The van der Waals surface area contributed by atoms with E-state index in [9.17, 15) is 22.8 Å². The molecule has 0 bridgehead atoms. The second-order valence-electron chi connectivity index (χ2n) is 3.04. The normalized spacial score (nSPS) is 15.3. The van der Waals surface area contributed by atoms with Crippen molar-refractivity contribution < 1.29 is 27.9 Å². The second kappa shape index (κ2) is 5.66. The molecule has 0 saturated carbocycles. The zero-order valence-electron chi connectivity index (χ0n) is 8.34. The Morgan fingerprint density at radius 3 is 2.31 bits per heavy atom. The molecule has 0 spiro atoms. The van der Waals surface area contributed by atoms with Gasteiger partial charge < -0.3 is 16.2 Å². The molecular weight excluding hydrogens is 231 g/mol. The lowest BCUT2D eigenvalue weighted by Gasteiger charge is -2.18. The van der Waals surface area contributed by atoms with Crippen molar-refractivity contribution in [2.45, 2.75) is 25.2 Å². The number of halogens is 3. The summed E-state index contributed by atoms with van der Waals surface area (Å²) < 4.78 is 35.5. The van der Waals surface area contributed by atoms with Crippen LogP contribution in [0.5, 0.6) is 0 Å². The highest BCUT2D eigenvalue weighted by Crippen LogP contribution is 2.19. The average molecular weight is 243 g/mol. The largest absolute Gasteiger partial charge is 0.415 e. The van der Waals surface area contributed by atoms with E-state index in [-0.39, 0.29) is 0 Å². The summed E-state index contributed by atoms with van der Waals surface area (Å²) in [4.78, 5) is 21.2. The van der Waals surface area contributed by atoms with Crippen LogP contribution in [0.15, 0.2) is 0 Å². The highest BCUT2D eigenvalue weighted by Gasteiger charge is 2.38. The van der Waals surface area contributed by atoms with Gasteiger partial charge in [0.05, 0.1) is 6.04 Å². The number of carbonyl (C=O) groups is 2. The third-order valence-electron chi connectivity index (χ3n) is 1.63. The van der Waals surface area contributed by atoms with E-state index in [1.54, 1.807) is 5.32 Å². The molecule has 0 aliphatic rings. The molecule has 6 nitrogen and oxygen atoms in total. The average Bonchev–Trinajstić information content (AvgIpc) is 2.10. The number of urea groups is 1. The Bertz CT molecular complexity index is 269. The fraction of sp³-hybridized carbons (Fsp3) is 0.714. The molecule has 3 amide bonds. The molecule has 0 aromatic carbocycles. The van der Waals surface area contributed by atoms with Crippen LogP contribution >= 0.6 is 0 Å². The summed E-state index contributed by atoms with van der Waals surface area (Å²) in [5.74, 6) is -0.873. The van der Waals surface area contributed by atoms with E-state index in [0.717, 1.165) is 0 Å². The number of imide groups is 1. The van der Waals surface area contributed by atoms with Gasteiger partial charge in [-0.15, -0.1) is 0 Å². The lowest BCUT2D eigenvalue weighted by Crippen LogP contribution is -2.49. The Balaban J connectivity index is 4.03. The fourth-order valence-corrected chi connectivity index (χ4v) is 0.727. The van der Waals surface area contributed by atoms with E-state index < -0.39 is 36.8 Å². The number of aliphatic hydroxyl groups excluding tert-OH is 1. The van der Waals surface area contributed by atoms with Crippen molar-refractivity contribution in [3.05, 3.63) is 0 Å². The summed E-state index contributed by atoms with van der Waals surface area (Å²) in [6.07, 6.45) is -7.33. The predicted molar refractivity (Wildman–Crippen MR) is 47.3 cm³/mol. The monoisotopic (exact) mass is 243 g/mol. The molecule has 0 heterocycles. The highest BCUT2D eigenvalue weighted by atomic mass is 19.4. The number of amides is 3. The molecule has 0 radical (unpaired) electrons. The molecule has 0 aliphatic heterocycles. The summed E-state index contributed by atoms with van der Waals surface area (Å²) >= 11 is 0. The Kier molecular flexibility index (Phi) is 5.18. The molecule has 0 aromatic rings. The minimum Gasteiger partial charge on any atom is -0.382 e. The number of primary amides is 1. The molecule has 0 fully saturated rings. The van der Waals surface area contributed by atoms with Crippen LogP contribution in [0.1, 0.15) is 6.92 Å². The van der Waals surface area contributed by atoms with E-state index in [1.807, 2.05) is 0 Å². The molecule has 9 heteroatoms. The van der Waals surface area contributed by atoms with E-state index in [1.165, 1.54) is 6.92 Å². The van der Waals surface area contributed by atoms with Crippen LogP contribution in [-0.4, -0.2) is 41.9 Å². The zero-order valence-corrected chi connectivity index (χ0v) is 8.34. The number of carbonyl (C=O) groups excluding carboxylic acids is 2. The van der Waals surface area contributed by atoms with Gasteiger partial charge in [0.25, 0.3) is 0 Å². The van der Waals surface area contributed by atoms with Gasteiger partial charge >= 0.3 is 12.2 Å². The first-order valence-electron chi connectivity index (χ1n) is 4.23. The van der Waals surface area contributed by atoms with Gasteiger partial charge in [-0.1, -0.05) is 0 Å². The smallest absolute Gasteiger partial charge is 0.382 e. The van der Waals surface area contributed by atoms with Crippen LogP contribution in [-0.2, 0) is 4.79 Å². The van der Waals surface area contributed by atoms with Crippen LogP contribution in [0.2, 0.25) is 0 Å². The van der Waals surface area contributed by atoms with E-state index in [4.69, 9.17) is 5.11 Å². The minimum absolute atomic E-state index is 0.850. The van der Waals surface area contributed by atoms with Gasteiger partial charge in [0.1, 0.15) is 0 Å². The molecular formula is C7H12F3N3O3. The lowest BCUT2D eigenvalue weighted by atomic mass is 10.2. The highest BCUT2D eigenvalue weighted by molar-refractivity contribution is 5.96. The maximum atomic E-state index is 11.8. The first-order chi connectivity index (χ1) is 7.14. The number of hydrogen-bond donors (Lipinski definition) is 4. The summed E-state index contributed by atoms with van der Waals surface area (Å²) in [5.41, 5.74) is 4.63. The maximum Gasteiger partial charge on any atom is 0.415 e.